The number of benzene rings is 2. The van der Waals surface area contributed by atoms with Gasteiger partial charge in [-0.25, -0.2) is 0 Å². The van der Waals surface area contributed by atoms with Gasteiger partial charge in [0.1, 0.15) is 5.75 Å². The van der Waals surface area contributed by atoms with Crippen molar-refractivity contribution in [3.05, 3.63) is 54.5 Å². The van der Waals surface area contributed by atoms with E-state index in [9.17, 15) is 5.11 Å². The van der Waals surface area contributed by atoms with E-state index in [4.69, 9.17) is 0 Å². The van der Waals surface area contributed by atoms with Crippen LogP contribution < -0.4 is 5.32 Å². The first-order valence-electron chi connectivity index (χ1n) is 5.23. The van der Waals surface area contributed by atoms with Crippen LogP contribution in [0, 0.1) is 3.57 Å². The van der Waals surface area contributed by atoms with Crippen LogP contribution in [0.3, 0.4) is 0 Å². The Balaban J connectivity index is 2.14. The van der Waals surface area contributed by atoms with Crippen molar-refractivity contribution in [3.63, 3.8) is 0 Å². The van der Waals surface area contributed by atoms with Crippen molar-refractivity contribution in [1.29, 1.82) is 0 Å². The van der Waals surface area contributed by atoms with Gasteiger partial charge in [0.15, 0.2) is 0 Å². The molecule has 2 aromatic rings. The Labute approximate surface area is 136 Å². The summed E-state index contributed by atoms with van der Waals surface area (Å²) in [7, 11) is 0. The first-order valence-corrected chi connectivity index (χ1v) is 7.89. The van der Waals surface area contributed by atoms with Crippen molar-refractivity contribution in [2.24, 2.45) is 0 Å². The van der Waals surface area contributed by atoms with E-state index >= 15 is 0 Å². The molecule has 5 heteroatoms. The van der Waals surface area contributed by atoms with Crippen molar-refractivity contribution in [3.8, 4) is 5.75 Å². The second kappa shape index (κ2) is 6.25. The second-order valence-corrected chi connectivity index (χ2v) is 6.61. The molecule has 0 aliphatic rings. The van der Waals surface area contributed by atoms with Crippen LogP contribution in [0.2, 0.25) is 0 Å². The third kappa shape index (κ3) is 3.39. The molecule has 18 heavy (non-hydrogen) atoms. The van der Waals surface area contributed by atoms with Gasteiger partial charge in [-0.15, -0.1) is 0 Å². The highest BCUT2D eigenvalue weighted by molar-refractivity contribution is 14.1. The van der Waals surface area contributed by atoms with Gasteiger partial charge < -0.3 is 10.4 Å². The molecule has 0 fully saturated rings. The summed E-state index contributed by atoms with van der Waals surface area (Å²) in [5, 5.41) is 13.0. The zero-order valence-corrected chi connectivity index (χ0v) is 14.6. The zero-order valence-electron chi connectivity index (χ0n) is 9.25. The molecule has 2 nitrogen and oxygen atoms in total. The first kappa shape index (κ1) is 14.1. The monoisotopic (exact) mass is 481 g/mol. The highest BCUT2D eigenvalue weighted by Gasteiger charge is 2.06. The summed E-state index contributed by atoms with van der Waals surface area (Å²) in [5.41, 5.74) is 2.20. The largest absolute Gasteiger partial charge is 0.506 e. The van der Waals surface area contributed by atoms with E-state index in [0.717, 1.165) is 11.3 Å². The summed E-state index contributed by atoms with van der Waals surface area (Å²) in [5.74, 6) is 0.230. The van der Waals surface area contributed by atoms with Gasteiger partial charge in [-0.05, 0) is 84.3 Å². The van der Waals surface area contributed by atoms with E-state index < -0.39 is 0 Å². The topological polar surface area (TPSA) is 32.3 Å². The van der Waals surface area contributed by atoms with E-state index in [2.05, 4.69) is 65.8 Å². The molecular formula is C13H10Br2INO. The van der Waals surface area contributed by atoms with Crippen LogP contribution in [-0.4, -0.2) is 5.11 Å². The van der Waals surface area contributed by atoms with Gasteiger partial charge in [0.05, 0.1) is 8.95 Å². The molecule has 0 amide bonds. The third-order valence-electron chi connectivity index (χ3n) is 2.43. The van der Waals surface area contributed by atoms with Gasteiger partial charge in [0.25, 0.3) is 0 Å². The van der Waals surface area contributed by atoms with E-state index in [1.54, 1.807) is 0 Å². The fourth-order valence-electron chi connectivity index (χ4n) is 1.52. The molecule has 0 spiro atoms. The van der Waals surface area contributed by atoms with Crippen LogP contribution in [-0.2, 0) is 6.54 Å². The lowest BCUT2D eigenvalue weighted by Crippen LogP contribution is -2.01. The highest BCUT2D eigenvalue weighted by atomic mass is 127. The van der Waals surface area contributed by atoms with Gasteiger partial charge >= 0.3 is 0 Å². The van der Waals surface area contributed by atoms with E-state index in [-0.39, 0.29) is 5.75 Å². The SMILES string of the molecule is Oc1c(Br)cc(CNc2ccccc2I)cc1Br. The number of anilines is 1. The Morgan fingerprint density at radius 1 is 1.11 bits per heavy atom. The summed E-state index contributed by atoms with van der Waals surface area (Å²) in [4.78, 5) is 0. The summed E-state index contributed by atoms with van der Waals surface area (Å²) >= 11 is 8.96. The molecule has 0 aromatic heterocycles. The average Bonchev–Trinajstić information content (AvgIpc) is 2.35. The van der Waals surface area contributed by atoms with Gasteiger partial charge in [-0.1, -0.05) is 12.1 Å². The van der Waals surface area contributed by atoms with Crippen LogP contribution in [0.5, 0.6) is 5.75 Å². The van der Waals surface area contributed by atoms with Crippen LogP contribution in [0.15, 0.2) is 45.3 Å². The maximum atomic E-state index is 9.64. The van der Waals surface area contributed by atoms with Crippen LogP contribution >= 0.6 is 54.5 Å². The maximum absolute atomic E-state index is 9.64. The van der Waals surface area contributed by atoms with E-state index in [0.29, 0.717) is 15.5 Å². The number of para-hydroxylation sites is 1. The number of hydrogen-bond donors (Lipinski definition) is 2. The van der Waals surface area contributed by atoms with E-state index in [1.807, 2.05) is 30.3 Å². The Kier molecular flexibility index (Phi) is 4.91. The Morgan fingerprint density at radius 2 is 1.72 bits per heavy atom. The molecule has 0 heterocycles. The maximum Gasteiger partial charge on any atom is 0.143 e. The summed E-state index contributed by atoms with van der Waals surface area (Å²) < 4.78 is 2.57. The molecule has 0 radical (unpaired) electrons. The van der Waals surface area contributed by atoms with Gasteiger partial charge in [-0.3, -0.25) is 0 Å². The minimum atomic E-state index is 0.230. The fourth-order valence-corrected chi connectivity index (χ4v) is 3.38. The quantitative estimate of drug-likeness (QED) is 0.594. The number of nitrogens with one attached hydrogen (secondary N) is 1. The van der Waals surface area contributed by atoms with Crippen molar-refractivity contribution < 1.29 is 5.11 Å². The van der Waals surface area contributed by atoms with Crippen LogP contribution in [0.4, 0.5) is 5.69 Å². The molecule has 94 valence electrons. The second-order valence-electron chi connectivity index (χ2n) is 3.74. The first-order chi connectivity index (χ1) is 8.58. The predicted octanol–water partition coefficient (Wildman–Crippen LogP) is 5.13. The number of phenolic OH excluding ortho intramolecular Hbond substituents is 1. The Hall–Kier alpha value is -0.270. The number of rotatable bonds is 3. The van der Waals surface area contributed by atoms with Crippen molar-refractivity contribution in [2.75, 3.05) is 5.32 Å². The van der Waals surface area contributed by atoms with Crippen molar-refractivity contribution in [2.45, 2.75) is 6.54 Å². The molecule has 2 rings (SSSR count). The lowest BCUT2D eigenvalue weighted by Gasteiger charge is -2.10. The van der Waals surface area contributed by atoms with Crippen molar-refractivity contribution in [1.82, 2.24) is 0 Å². The third-order valence-corrected chi connectivity index (χ3v) is 4.58. The number of phenols is 1. The van der Waals surface area contributed by atoms with Crippen LogP contribution in [0.1, 0.15) is 5.56 Å². The molecule has 2 aromatic carbocycles. The van der Waals surface area contributed by atoms with Gasteiger partial charge in [0, 0.05) is 15.8 Å². The molecule has 0 saturated heterocycles. The smallest absolute Gasteiger partial charge is 0.143 e. The van der Waals surface area contributed by atoms with E-state index in [1.165, 1.54) is 3.57 Å². The normalized spacial score (nSPS) is 10.4. The van der Waals surface area contributed by atoms with Gasteiger partial charge in [0.2, 0.25) is 0 Å². The molecule has 0 saturated carbocycles. The molecule has 2 N–H and O–H groups in total. The minimum absolute atomic E-state index is 0.230. The molecule has 0 bridgehead atoms. The predicted molar refractivity (Wildman–Crippen MR) is 90.0 cm³/mol. The lowest BCUT2D eigenvalue weighted by atomic mass is 10.2. The van der Waals surface area contributed by atoms with Crippen molar-refractivity contribution >= 4 is 60.1 Å². The standard InChI is InChI=1S/C13H10Br2INO/c14-9-5-8(6-10(15)13(9)18)7-17-12-4-2-1-3-11(12)16/h1-6,17-18H,7H2. The molecule has 0 aliphatic heterocycles. The number of hydrogen-bond acceptors (Lipinski definition) is 2. The van der Waals surface area contributed by atoms with Gasteiger partial charge in [-0.2, -0.15) is 0 Å². The summed E-state index contributed by atoms with van der Waals surface area (Å²) in [6, 6.07) is 11.9. The number of aromatic hydroxyl groups is 1. The minimum Gasteiger partial charge on any atom is -0.506 e. The molecule has 0 aliphatic carbocycles. The highest BCUT2D eigenvalue weighted by Crippen LogP contribution is 2.33. The Bertz CT molecular complexity index is 552. The fraction of sp³-hybridized carbons (Fsp3) is 0.0769. The summed E-state index contributed by atoms with van der Waals surface area (Å²) in [6.45, 7) is 0.706. The Morgan fingerprint density at radius 3 is 2.33 bits per heavy atom. The molecule has 0 unspecified atom stereocenters. The summed E-state index contributed by atoms with van der Waals surface area (Å²) in [6.07, 6.45) is 0. The molecule has 0 atom stereocenters. The number of halogens is 3. The lowest BCUT2D eigenvalue weighted by molar-refractivity contribution is 0.468. The zero-order chi connectivity index (χ0) is 13.1. The molecular weight excluding hydrogens is 473 g/mol. The average molecular weight is 483 g/mol. The van der Waals surface area contributed by atoms with Crippen LogP contribution in [0.25, 0.3) is 0 Å².